The van der Waals surface area contributed by atoms with Crippen molar-refractivity contribution in [1.82, 2.24) is 20.1 Å². The summed E-state index contributed by atoms with van der Waals surface area (Å²) in [5, 5.41) is 11.1. The largest absolute Gasteiger partial charge is 0.355 e. The number of aryl methyl sites for hydroxylation is 1. The Bertz CT molecular complexity index is 529. The van der Waals surface area contributed by atoms with Crippen molar-refractivity contribution >= 4 is 5.91 Å². The third kappa shape index (κ3) is 4.81. The summed E-state index contributed by atoms with van der Waals surface area (Å²) in [5.74, 6) is 2.65. The molecule has 1 amide bonds. The highest BCUT2D eigenvalue weighted by atomic mass is 16.1. The normalized spacial score (nSPS) is 23.0. The van der Waals surface area contributed by atoms with Crippen LogP contribution in [0, 0.1) is 17.3 Å². The lowest BCUT2D eigenvalue weighted by molar-refractivity contribution is -0.122. The van der Waals surface area contributed by atoms with E-state index in [1.54, 1.807) is 6.33 Å². The van der Waals surface area contributed by atoms with E-state index in [0.29, 0.717) is 24.3 Å². The van der Waals surface area contributed by atoms with Crippen LogP contribution in [0.3, 0.4) is 0 Å². The van der Waals surface area contributed by atoms with Gasteiger partial charge in [0.1, 0.15) is 12.2 Å². The molecule has 0 spiro atoms. The first-order valence-electron chi connectivity index (χ1n) is 9.44. The highest BCUT2D eigenvalue weighted by molar-refractivity contribution is 5.76. The predicted octanol–water partition coefficient (Wildman–Crippen LogP) is 3.67. The van der Waals surface area contributed by atoms with Gasteiger partial charge in [-0.15, -0.1) is 10.2 Å². The minimum Gasteiger partial charge on any atom is -0.355 e. The second-order valence-corrected chi connectivity index (χ2v) is 8.27. The maximum Gasteiger partial charge on any atom is 0.220 e. The second-order valence-electron chi connectivity index (χ2n) is 8.27. The van der Waals surface area contributed by atoms with E-state index < -0.39 is 0 Å². The highest BCUT2D eigenvalue weighted by Gasteiger charge is 2.32. The zero-order valence-corrected chi connectivity index (χ0v) is 16.0. The molecule has 2 rings (SSSR count). The van der Waals surface area contributed by atoms with Crippen LogP contribution < -0.4 is 5.32 Å². The van der Waals surface area contributed by atoms with E-state index in [1.807, 2.05) is 11.6 Å². The Morgan fingerprint density at radius 2 is 2.04 bits per heavy atom. The van der Waals surface area contributed by atoms with Gasteiger partial charge in [0.25, 0.3) is 0 Å². The molecule has 5 heteroatoms. The molecule has 1 heterocycles. The average Bonchev–Trinajstić information content (AvgIpc) is 2.99. The number of carbonyl (C=O) groups is 1. The van der Waals surface area contributed by atoms with Gasteiger partial charge >= 0.3 is 0 Å². The van der Waals surface area contributed by atoms with Gasteiger partial charge < -0.3 is 9.88 Å². The highest BCUT2D eigenvalue weighted by Crippen LogP contribution is 2.42. The van der Waals surface area contributed by atoms with Gasteiger partial charge in [0, 0.05) is 25.9 Å². The SMILES string of the molecule is CCC(C)(C)C1CCC(CC(=O)NCC(C)c2nncn2C)CC1. The first-order chi connectivity index (χ1) is 11.3. The van der Waals surface area contributed by atoms with E-state index in [4.69, 9.17) is 0 Å². The van der Waals surface area contributed by atoms with Crippen LogP contribution in [-0.2, 0) is 11.8 Å². The van der Waals surface area contributed by atoms with Gasteiger partial charge in [-0.2, -0.15) is 0 Å². The Morgan fingerprint density at radius 1 is 1.38 bits per heavy atom. The number of nitrogens with one attached hydrogen (secondary N) is 1. The molecule has 0 radical (unpaired) electrons. The van der Waals surface area contributed by atoms with Crippen molar-refractivity contribution in [3.63, 3.8) is 0 Å². The maximum absolute atomic E-state index is 12.3. The van der Waals surface area contributed by atoms with Gasteiger partial charge in [0.15, 0.2) is 0 Å². The van der Waals surface area contributed by atoms with Crippen molar-refractivity contribution in [3.8, 4) is 0 Å². The number of carbonyl (C=O) groups excluding carboxylic acids is 1. The quantitative estimate of drug-likeness (QED) is 0.827. The molecule has 0 bridgehead atoms. The van der Waals surface area contributed by atoms with Crippen molar-refractivity contribution in [2.45, 2.75) is 72.1 Å². The van der Waals surface area contributed by atoms with Gasteiger partial charge in [0.05, 0.1) is 0 Å². The minimum atomic E-state index is 0.183. The summed E-state index contributed by atoms with van der Waals surface area (Å²) in [5.41, 5.74) is 0.443. The number of rotatable bonds is 7. The van der Waals surface area contributed by atoms with E-state index in [-0.39, 0.29) is 11.8 Å². The Kier molecular flexibility index (Phi) is 6.41. The van der Waals surface area contributed by atoms with Gasteiger partial charge in [0.2, 0.25) is 5.91 Å². The minimum absolute atomic E-state index is 0.183. The number of hydrogen-bond acceptors (Lipinski definition) is 3. The standard InChI is InChI=1S/C19H34N4O/c1-6-19(3,4)16-9-7-15(8-10-16)11-17(24)20-12-14(2)18-22-21-13-23(18)5/h13-16H,6-12H2,1-5H3,(H,20,24). The predicted molar refractivity (Wildman–Crippen MR) is 96.6 cm³/mol. The van der Waals surface area contributed by atoms with E-state index >= 15 is 0 Å². The lowest BCUT2D eigenvalue weighted by Crippen LogP contribution is -2.32. The molecule has 24 heavy (non-hydrogen) atoms. The molecule has 1 aromatic heterocycles. The van der Waals surface area contributed by atoms with Crippen LogP contribution in [0.15, 0.2) is 6.33 Å². The summed E-state index contributed by atoms with van der Waals surface area (Å²) in [7, 11) is 1.93. The molecule has 136 valence electrons. The lowest BCUT2D eigenvalue weighted by Gasteiger charge is -2.38. The zero-order chi connectivity index (χ0) is 17.7. The van der Waals surface area contributed by atoms with Gasteiger partial charge in [-0.25, -0.2) is 0 Å². The molecule has 0 aliphatic heterocycles. The molecule has 1 aliphatic carbocycles. The number of aromatic nitrogens is 3. The number of amides is 1. The second kappa shape index (κ2) is 8.13. The van der Waals surface area contributed by atoms with Crippen molar-refractivity contribution in [3.05, 3.63) is 12.2 Å². The van der Waals surface area contributed by atoms with Gasteiger partial charge in [-0.1, -0.05) is 34.1 Å². The summed E-state index contributed by atoms with van der Waals surface area (Å²) >= 11 is 0. The molecule has 1 atom stereocenters. The molecule has 1 fully saturated rings. The molecule has 1 unspecified atom stereocenters. The average molecular weight is 335 g/mol. The Morgan fingerprint density at radius 3 is 2.58 bits per heavy atom. The third-order valence-electron chi connectivity index (χ3n) is 6.13. The molecular weight excluding hydrogens is 300 g/mol. The topological polar surface area (TPSA) is 59.8 Å². The van der Waals surface area contributed by atoms with Crippen molar-refractivity contribution in [2.24, 2.45) is 24.3 Å². The van der Waals surface area contributed by atoms with Crippen LogP contribution in [0.5, 0.6) is 0 Å². The third-order valence-corrected chi connectivity index (χ3v) is 6.13. The van der Waals surface area contributed by atoms with Crippen LogP contribution in [-0.4, -0.2) is 27.2 Å². The first kappa shape index (κ1) is 18.9. The van der Waals surface area contributed by atoms with Crippen molar-refractivity contribution in [2.75, 3.05) is 6.54 Å². The Hall–Kier alpha value is -1.39. The van der Waals surface area contributed by atoms with Gasteiger partial charge in [-0.05, 0) is 42.9 Å². The molecule has 0 saturated heterocycles. The fourth-order valence-corrected chi connectivity index (χ4v) is 3.87. The first-order valence-corrected chi connectivity index (χ1v) is 9.44. The van der Waals surface area contributed by atoms with Crippen LogP contribution in [0.1, 0.15) is 78.0 Å². The van der Waals surface area contributed by atoms with Crippen LogP contribution in [0.4, 0.5) is 0 Å². The molecule has 1 aliphatic rings. The molecule has 0 aromatic carbocycles. The molecule has 1 N–H and O–H groups in total. The van der Waals surface area contributed by atoms with Crippen LogP contribution in [0.25, 0.3) is 0 Å². The summed E-state index contributed by atoms with van der Waals surface area (Å²) in [4.78, 5) is 12.3. The zero-order valence-electron chi connectivity index (χ0n) is 16.0. The van der Waals surface area contributed by atoms with E-state index in [9.17, 15) is 4.79 Å². The summed E-state index contributed by atoms with van der Waals surface area (Å²) in [6, 6.07) is 0. The van der Waals surface area contributed by atoms with E-state index in [1.165, 1.54) is 32.1 Å². The van der Waals surface area contributed by atoms with E-state index in [2.05, 4.69) is 43.2 Å². The van der Waals surface area contributed by atoms with Crippen LogP contribution in [0.2, 0.25) is 0 Å². The smallest absolute Gasteiger partial charge is 0.220 e. The van der Waals surface area contributed by atoms with Crippen molar-refractivity contribution in [1.29, 1.82) is 0 Å². The van der Waals surface area contributed by atoms with E-state index in [0.717, 1.165) is 11.7 Å². The fraction of sp³-hybridized carbons (Fsp3) is 0.842. The van der Waals surface area contributed by atoms with Crippen molar-refractivity contribution < 1.29 is 4.79 Å². The Labute approximate surface area is 146 Å². The lowest BCUT2D eigenvalue weighted by atomic mass is 9.67. The summed E-state index contributed by atoms with van der Waals surface area (Å²) < 4.78 is 1.91. The molecule has 1 aromatic rings. The van der Waals surface area contributed by atoms with Gasteiger partial charge in [-0.3, -0.25) is 4.79 Å². The molecule has 1 saturated carbocycles. The molecule has 5 nitrogen and oxygen atoms in total. The monoisotopic (exact) mass is 334 g/mol. The fourth-order valence-electron chi connectivity index (χ4n) is 3.87. The number of hydrogen-bond donors (Lipinski definition) is 1. The maximum atomic E-state index is 12.3. The summed E-state index contributed by atoms with van der Waals surface area (Å²) in [6.07, 6.45) is 8.54. The molecular formula is C19H34N4O. The van der Waals surface area contributed by atoms with Crippen LogP contribution >= 0.6 is 0 Å². The Balaban J connectivity index is 1.71. The summed E-state index contributed by atoms with van der Waals surface area (Å²) in [6.45, 7) is 9.76. The number of nitrogens with zero attached hydrogens (tertiary/aromatic N) is 3.